The van der Waals surface area contributed by atoms with Gasteiger partial charge in [-0.3, -0.25) is 4.79 Å². The van der Waals surface area contributed by atoms with Crippen molar-refractivity contribution >= 4 is 22.0 Å². The van der Waals surface area contributed by atoms with Crippen molar-refractivity contribution in [3.8, 4) is 0 Å². The maximum absolute atomic E-state index is 13.0. The van der Waals surface area contributed by atoms with Crippen molar-refractivity contribution in [3.05, 3.63) is 29.3 Å². The van der Waals surface area contributed by atoms with Crippen LogP contribution in [0.2, 0.25) is 0 Å². The number of carboxylic acids is 1. The Morgan fingerprint density at radius 3 is 2.54 bits per heavy atom. The van der Waals surface area contributed by atoms with Crippen LogP contribution < -0.4 is 0 Å². The lowest BCUT2D eigenvalue weighted by atomic mass is 9.92. The number of carboxylic acid groups (broad SMARTS) is 1. The van der Waals surface area contributed by atoms with Crippen molar-refractivity contribution in [2.75, 3.05) is 20.2 Å². The van der Waals surface area contributed by atoms with Crippen molar-refractivity contribution in [3.63, 3.8) is 0 Å². The van der Waals surface area contributed by atoms with Gasteiger partial charge < -0.3 is 9.84 Å². The third-order valence-corrected chi connectivity index (χ3v) is 6.26. The van der Waals surface area contributed by atoms with Gasteiger partial charge >= 0.3 is 11.9 Å². The van der Waals surface area contributed by atoms with Crippen LogP contribution in [-0.2, 0) is 19.6 Å². The van der Waals surface area contributed by atoms with Crippen LogP contribution in [0.1, 0.15) is 29.3 Å². The molecule has 7 nitrogen and oxygen atoms in total. The zero-order valence-corrected chi connectivity index (χ0v) is 14.7. The summed E-state index contributed by atoms with van der Waals surface area (Å²) in [6.45, 7) is 3.56. The molecule has 2 unspecified atom stereocenters. The standard InChI is InChI=1S/C16H21NO6S/c1-10-7-12(15(18)19)9-17(8-10)24(21,22)14-6-4-5-13(11(14)2)16(20)23-3/h4-6,10,12H,7-9H2,1-3H3,(H,18,19). The molecule has 0 amide bonds. The SMILES string of the molecule is COC(=O)c1cccc(S(=O)(=O)N2CC(C)CC(C(=O)O)C2)c1C. The van der Waals surface area contributed by atoms with Crippen molar-refractivity contribution in [1.82, 2.24) is 4.31 Å². The minimum absolute atomic E-state index is 0.00337. The molecule has 1 N–H and O–H groups in total. The Bertz CT molecular complexity index is 758. The largest absolute Gasteiger partial charge is 0.481 e. The molecule has 132 valence electrons. The number of hydrogen-bond donors (Lipinski definition) is 1. The number of benzene rings is 1. The number of hydrogen-bond acceptors (Lipinski definition) is 5. The van der Waals surface area contributed by atoms with Gasteiger partial charge in [-0.1, -0.05) is 13.0 Å². The highest BCUT2D eigenvalue weighted by atomic mass is 32.2. The van der Waals surface area contributed by atoms with Crippen LogP contribution >= 0.6 is 0 Å². The van der Waals surface area contributed by atoms with Gasteiger partial charge in [0.1, 0.15) is 0 Å². The Balaban J connectivity index is 2.44. The second-order valence-corrected chi connectivity index (χ2v) is 8.02. The van der Waals surface area contributed by atoms with Crippen LogP contribution in [0.25, 0.3) is 0 Å². The highest BCUT2D eigenvalue weighted by Crippen LogP contribution is 2.29. The Kier molecular flexibility index (Phi) is 5.29. The number of carbonyl (C=O) groups excluding carboxylic acids is 1. The summed E-state index contributed by atoms with van der Waals surface area (Å²) in [7, 11) is -2.67. The molecular formula is C16H21NO6S. The molecule has 8 heteroatoms. The third-order valence-electron chi connectivity index (χ3n) is 4.28. The number of carbonyl (C=O) groups is 2. The van der Waals surface area contributed by atoms with Gasteiger partial charge in [0.15, 0.2) is 0 Å². The summed E-state index contributed by atoms with van der Waals surface area (Å²) >= 11 is 0. The molecule has 1 aromatic carbocycles. The van der Waals surface area contributed by atoms with E-state index in [9.17, 15) is 23.1 Å². The van der Waals surface area contributed by atoms with Gasteiger partial charge in [-0.2, -0.15) is 4.31 Å². The molecule has 1 aliphatic rings. The molecule has 0 spiro atoms. The maximum atomic E-state index is 13.0. The number of ether oxygens (including phenoxy) is 1. The molecule has 0 aromatic heterocycles. The van der Waals surface area contributed by atoms with Crippen LogP contribution in [0.5, 0.6) is 0 Å². The number of methoxy groups -OCH3 is 1. The third kappa shape index (κ3) is 3.44. The minimum Gasteiger partial charge on any atom is -0.481 e. The normalized spacial score (nSPS) is 22.1. The molecule has 2 atom stereocenters. The van der Waals surface area contributed by atoms with Gasteiger partial charge in [0.25, 0.3) is 0 Å². The van der Waals surface area contributed by atoms with E-state index in [-0.39, 0.29) is 29.5 Å². The zero-order valence-electron chi connectivity index (χ0n) is 13.9. The topological polar surface area (TPSA) is 101 Å². The fraction of sp³-hybridized carbons (Fsp3) is 0.500. The minimum atomic E-state index is -3.89. The lowest BCUT2D eigenvalue weighted by molar-refractivity contribution is -0.143. The van der Waals surface area contributed by atoms with Gasteiger partial charge in [-0.15, -0.1) is 0 Å². The van der Waals surface area contributed by atoms with E-state index in [2.05, 4.69) is 4.74 Å². The number of nitrogens with zero attached hydrogens (tertiary/aromatic N) is 1. The molecule has 0 aliphatic carbocycles. The lowest BCUT2D eigenvalue weighted by Crippen LogP contribution is -2.45. The first-order valence-corrected chi connectivity index (χ1v) is 9.03. The Morgan fingerprint density at radius 2 is 1.96 bits per heavy atom. The highest BCUT2D eigenvalue weighted by Gasteiger charge is 2.37. The molecular weight excluding hydrogens is 334 g/mol. The molecule has 0 radical (unpaired) electrons. The molecule has 24 heavy (non-hydrogen) atoms. The summed E-state index contributed by atoms with van der Waals surface area (Å²) in [5.74, 6) is -2.40. The fourth-order valence-electron chi connectivity index (χ4n) is 3.04. The summed E-state index contributed by atoms with van der Waals surface area (Å²) in [6, 6.07) is 4.40. The van der Waals surface area contributed by atoms with Gasteiger partial charge in [0.05, 0.1) is 23.5 Å². The van der Waals surface area contributed by atoms with Crippen molar-refractivity contribution in [2.45, 2.75) is 25.2 Å². The van der Waals surface area contributed by atoms with Gasteiger partial charge in [-0.25, -0.2) is 13.2 Å². The average molecular weight is 355 g/mol. The van der Waals surface area contributed by atoms with E-state index < -0.39 is 27.9 Å². The Labute approximate surface area is 141 Å². The summed E-state index contributed by atoms with van der Waals surface area (Å²) < 4.78 is 31.8. The highest BCUT2D eigenvalue weighted by molar-refractivity contribution is 7.89. The van der Waals surface area contributed by atoms with Crippen LogP contribution in [-0.4, -0.2) is 50.0 Å². The molecule has 0 saturated carbocycles. The second-order valence-electron chi connectivity index (χ2n) is 6.12. The second kappa shape index (κ2) is 6.90. The number of esters is 1. The molecule has 1 heterocycles. The Morgan fingerprint density at radius 1 is 1.29 bits per heavy atom. The first kappa shape index (κ1) is 18.4. The van der Waals surface area contributed by atoms with E-state index in [1.165, 1.54) is 29.6 Å². The maximum Gasteiger partial charge on any atom is 0.338 e. The number of aliphatic carboxylic acids is 1. The molecule has 1 fully saturated rings. The van der Waals surface area contributed by atoms with E-state index in [4.69, 9.17) is 0 Å². The average Bonchev–Trinajstić information content (AvgIpc) is 2.53. The van der Waals surface area contributed by atoms with Crippen LogP contribution in [0, 0.1) is 18.8 Å². The van der Waals surface area contributed by atoms with E-state index in [0.29, 0.717) is 12.0 Å². The van der Waals surface area contributed by atoms with Gasteiger partial charge in [-0.05, 0) is 37.0 Å². The molecule has 1 saturated heterocycles. The molecule has 1 aromatic rings. The summed E-state index contributed by atoms with van der Waals surface area (Å²) in [5, 5.41) is 9.23. The van der Waals surface area contributed by atoms with E-state index in [1.807, 2.05) is 6.92 Å². The lowest BCUT2D eigenvalue weighted by Gasteiger charge is -2.34. The number of rotatable bonds is 4. The van der Waals surface area contributed by atoms with E-state index in [0.717, 1.165) is 0 Å². The number of sulfonamides is 1. The Hall–Kier alpha value is -1.93. The predicted molar refractivity (Wildman–Crippen MR) is 86.2 cm³/mol. The summed E-state index contributed by atoms with van der Waals surface area (Å²) in [6.07, 6.45) is 0.447. The van der Waals surface area contributed by atoms with Crippen LogP contribution in [0.15, 0.2) is 23.1 Å². The zero-order chi connectivity index (χ0) is 18.1. The summed E-state index contributed by atoms with van der Waals surface area (Å²) in [4.78, 5) is 23.1. The van der Waals surface area contributed by atoms with Crippen molar-refractivity contribution in [1.29, 1.82) is 0 Å². The first-order chi connectivity index (χ1) is 11.2. The number of piperidine rings is 1. The monoisotopic (exact) mass is 355 g/mol. The van der Waals surface area contributed by atoms with Gasteiger partial charge in [0, 0.05) is 13.1 Å². The first-order valence-electron chi connectivity index (χ1n) is 7.59. The van der Waals surface area contributed by atoms with E-state index in [1.54, 1.807) is 6.92 Å². The predicted octanol–water partition coefficient (Wildman–Crippen LogP) is 1.51. The van der Waals surface area contributed by atoms with E-state index >= 15 is 0 Å². The van der Waals surface area contributed by atoms with Crippen molar-refractivity contribution in [2.24, 2.45) is 11.8 Å². The smallest absolute Gasteiger partial charge is 0.338 e. The van der Waals surface area contributed by atoms with Crippen LogP contribution in [0.4, 0.5) is 0 Å². The molecule has 0 bridgehead atoms. The van der Waals surface area contributed by atoms with Crippen molar-refractivity contribution < 1.29 is 27.9 Å². The summed E-state index contributed by atoms with van der Waals surface area (Å²) in [5.41, 5.74) is 0.480. The molecule has 1 aliphatic heterocycles. The molecule has 2 rings (SSSR count). The quantitative estimate of drug-likeness (QED) is 0.822. The fourth-order valence-corrected chi connectivity index (χ4v) is 4.89. The van der Waals surface area contributed by atoms with Gasteiger partial charge in [0.2, 0.25) is 10.0 Å². The van der Waals surface area contributed by atoms with Crippen LogP contribution in [0.3, 0.4) is 0 Å².